The zero-order valence-corrected chi connectivity index (χ0v) is 15.2. The molecule has 1 aromatic carbocycles. The molecule has 0 saturated carbocycles. The molecule has 1 unspecified atom stereocenters. The summed E-state index contributed by atoms with van der Waals surface area (Å²) in [6.07, 6.45) is 8.77. The Morgan fingerprint density at radius 2 is 1.44 bits per heavy atom. The summed E-state index contributed by atoms with van der Waals surface area (Å²) in [5.41, 5.74) is 3.22. The zero-order chi connectivity index (χ0) is 18.7. The number of amides is 1. The van der Waals surface area contributed by atoms with Gasteiger partial charge in [-0.25, -0.2) is 0 Å². The Hall–Kier alpha value is -3.05. The van der Waals surface area contributed by atoms with Crippen molar-refractivity contribution in [2.75, 3.05) is 13.1 Å². The predicted octanol–water partition coefficient (Wildman–Crippen LogP) is 2.71. The third-order valence-electron chi connectivity index (χ3n) is 4.32. The van der Waals surface area contributed by atoms with Gasteiger partial charge in [0.2, 0.25) is 5.91 Å². The first-order valence-electron chi connectivity index (χ1n) is 9.17. The van der Waals surface area contributed by atoms with E-state index in [2.05, 4.69) is 20.6 Å². The fraction of sp³-hybridized carbons (Fsp3) is 0.227. The quantitative estimate of drug-likeness (QED) is 0.616. The van der Waals surface area contributed by atoms with Gasteiger partial charge in [0.05, 0.1) is 0 Å². The Morgan fingerprint density at radius 3 is 2.04 bits per heavy atom. The van der Waals surface area contributed by atoms with Gasteiger partial charge in [-0.1, -0.05) is 42.5 Å². The van der Waals surface area contributed by atoms with Crippen molar-refractivity contribution >= 4 is 5.91 Å². The summed E-state index contributed by atoms with van der Waals surface area (Å²) in [4.78, 5) is 21.0. The van der Waals surface area contributed by atoms with E-state index in [1.807, 2.05) is 67.0 Å². The van der Waals surface area contributed by atoms with Crippen molar-refractivity contribution in [3.8, 4) is 0 Å². The highest BCUT2D eigenvalue weighted by Crippen LogP contribution is 2.13. The van der Waals surface area contributed by atoms with Gasteiger partial charge >= 0.3 is 0 Å². The molecule has 138 valence electrons. The van der Waals surface area contributed by atoms with E-state index in [1.54, 1.807) is 12.4 Å². The molecule has 5 heteroatoms. The van der Waals surface area contributed by atoms with Crippen LogP contribution in [0.3, 0.4) is 0 Å². The van der Waals surface area contributed by atoms with E-state index in [9.17, 15) is 4.79 Å². The summed E-state index contributed by atoms with van der Waals surface area (Å²) in [6, 6.07) is 17.3. The number of hydrogen-bond acceptors (Lipinski definition) is 4. The molecule has 1 atom stereocenters. The highest BCUT2D eigenvalue weighted by Gasteiger charge is 2.19. The molecule has 3 rings (SSSR count). The Morgan fingerprint density at radius 1 is 0.815 bits per heavy atom. The van der Waals surface area contributed by atoms with Crippen molar-refractivity contribution in [1.82, 2.24) is 20.6 Å². The number of nitrogens with zero attached hydrogens (tertiary/aromatic N) is 2. The molecule has 0 saturated heterocycles. The Kier molecular flexibility index (Phi) is 7.07. The van der Waals surface area contributed by atoms with Crippen LogP contribution in [0.15, 0.2) is 79.4 Å². The van der Waals surface area contributed by atoms with Crippen LogP contribution in [0, 0.1) is 0 Å². The zero-order valence-electron chi connectivity index (χ0n) is 15.2. The Labute approximate surface area is 159 Å². The molecule has 0 aliphatic carbocycles. The Bertz CT molecular complexity index is 809. The number of benzene rings is 1. The molecule has 2 aromatic heterocycles. The number of hydrogen-bond donors (Lipinski definition) is 2. The second-order valence-electron chi connectivity index (χ2n) is 6.31. The molecular weight excluding hydrogens is 336 g/mol. The van der Waals surface area contributed by atoms with Crippen LogP contribution >= 0.6 is 0 Å². The summed E-state index contributed by atoms with van der Waals surface area (Å²) in [5, 5.41) is 6.42. The molecule has 2 heterocycles. The van der Waals surface area contributed by atoms with Crippen LogP contribution in [0.2, 0.25) is 0 Å². The van der Waals surface area contributed by atoms with Gasteiger partial charge in [-0.05, 0) is 41.7 Å². The standard InChI is InChI=1S/C22H24N4O/c27-22(26-15-11-19-7-5-13-24-17-19)21(20-8-2-1-3-9-20)25-14-10-18-6-4-12-23-16-18/h1-9,12-13,16-17,21,25H,10-11,14-15H2,(H,26,27). The highest BCUT2D eigenvalue weighted by molar-refractivity contribution is 5.83. The average Bonchev–Trinajstić information content (AvgIpc) is 2.73. The van der Waals surface area contributed by atoms with Gasteiger partial charge in [0.25, 0.3) is 0 Å². The first kappa shape index (κ1) is 18.7. The van der Waals surface area contributed by atoms with Gasteiger partial charge < -0.3 is 10.6 Å². The minimum Gasteiger partial charge on any atom is -0.354 e. The summed E-state index contributed by atoms with van der Waals surface area (Å²) < 4.78 is 0. The summed E-state index contributed by atoms with van der Waals surface area (Å²) in [7, 11) is 0. The minimum absolute atomic E-state index is 0.0173. The van der Waals surface area contributed by atoms with Gasteiger partial charge in [0, 0.05) is 37.9 Å². The maximum Gasteiger partial charge on any atom is 0.241 e. The van der Waals surface area contributed by atoms with Gasteiger partial charge in [-0.2, -0.15) is 0 Å². The lowest BCUT2D eigenvalue weighted by Gasteiger charge is -2.19. The number of rotatable bonds is 9. The van der Waals surface area contributed by atoms with E-state index in [4.69, 9.17) is 0 Å². The van der Waals surface area contributed by atoms with Gasteiger partial charge in [-0.15, -0.1) is 0 Å². The normalized spacial score (nSPS) is 11.7. The van der Waals surface area contributed by atoms with Crippen LogP contribution in [-0.2, 0) is 17.6 Å². The molecule has 5 nitrogen and oxygen atoms in total. The van der Waals surface area contributed by atoms with Crippen molar-refractivity contribution < 1.29 is 4.79 Å². The molecule has 0 fully saturated rings. The molecule has 0 bridgehead atoms. The van der Waals surface area contributed by atoms with Crippen LogP contribution in [0.5, 0.6) is 0 Å². The van der Waals surface area contributed by atoms with Gasteiger partial charge in [-0.3, -0.25) is 14.8 Å². The maximum absolute atomic E-state index is 12.8. The smallest absolute Gasteiger partial charge is 0.241 e. The first-order valence-corrected chi connectivity index (χ1v) is 9.17. The van der Waals surface area contributed by atoms with E-state index in [0.29, 0.717) is 13.1 Å². The Balaban J connectivity index is 1.56. The SMILES string of the molecule is O=C(NCCc1cccnc1)C(NCCc1cccnc1)c1ccccc1. The van der Waals surface area contributed by atoms with Gasteiger partial charge in [0.1, 0.15) is 6.04 Å². The monoisotopic (exact) mass is 360 g/mol. The molecular formula is C22H24N4O. The largest absolute Gasteiger partial charge is 0.354 e. The predicted molar refractivity (Wildman–Crippen MR) is 106 cm³/mol. The van der Waals surface area contributed by atoms with E-state index in [0.717, 1.165) is 29.5 Å². The van der Waals surface area contributed by atoms with Crippen molar-refractivity contribution in [3.05, 3.63) is 96.1 Å². The number of carbonyl (C=O) groups excluding carboxylic acids is 1. The molecule has 0 aliphatic heterocycles. The highest BCUT2D eigenvalue weighted by atomic mass is 16.2. The van der Waals surface area contributed by atoms with E-state index >= 15 is 0 Å². The molecule has 1 amide bonds. The van der Waals surface area contributed by atoms with Crippen LogP contribution < -0.4 is 10.6 Å². The molecule has 27 heavy (non-hydrogen) atoms. The lowest BCUT2D eigenvalue weighted by molar-refractivity contribution is -0.123. The second-order valence-corrected chi connectivity index (χ2v) is 6.31. The van der Waals surface area contributed by atoms with Crippen molar-refractivity contribution in [2.24, 2.45) is 0 Å². The topological polar surface area (TPSA) is 66.9 Å². The van der Waals surface area contributed by atoms with Crippen LogP contribution in [0.4, 0.5) is 0 Å². The summed E-state index contributed by atoms with van der Waals surface area (Å²) >= 11 is 0. The average molecular weight is 360 g/mol. The maximum atomic E-state index is 12.8. The van der Waals surface area contributed by atoms with Gasteiger partial charge in [0.15, 0.2) is 0 Å². The van der Waals surface area contributed by atoms with E-state index in [-0.39, 0.29) is 11.9 Å². The van der Waals surface area contributed by atoms with E-state index < -0.39 is 0 Å². The van der Waals surface area contributed by atoms with E-state index in [1.165, 1.54) is 0 Å². The number of carbonyl (C=O) groups is 1. The first-order chi connectivity index (χ1) is 13.3. The lowest BCUT2D eigenvalue weighted by Crippen LogP contribution is -2.39. The molecule has 0 radical (unpaired) electrons. The lowest BCUT2D eigenvalue weighted by atomic mass is 10.1. The second kappa shape index (κ2) is 10.2. The number of nitrogens with one attached hydrogen (secondary N) is 2. The van der Waals surface area contributed by atoms with Crippen LogP contribution in [0.25, 0.3) is 0 Å². The molecule has 0 aliphatic rings. The van der Waals surface area contributed by atoms with Crippen LogP contribution in [-0.4, -0.2) is 29.0 Å². The fourth-order valence-corrected chi connectivity index (χ4v) is 2.89. The third kappa shape index (κ3) is 6.01. The number of pyridine rings is 2. The summed E-state index contributed by atoms with van der Waals surface area (Å²) in [5.74, 6) is -0.0173. The third-order valence-corrected chi connectivity index (χ3v) is 4.32. The molecule has 3 aromatic rings. The van der Waals surface area contributed by atoms with Crippen molar-refractivity contribution in [3.63, 3.8) is 0 Å². The fourth-order valence-electron chi connectivity index (χ4n) is 2.89. The van der Waals surface area contributed by atoms with Crippen LogP contribution in [0.1, 0.15) is 22.7 Å². The molecule has 2 N–H and O–H groups in total. The minimum atomic E-state index is -0.378. The summed E-state index contributed by atoms with van der Waals surface area (Å²) in [6.45, 7) is 1.28. The molecule has 0 spiro atoms. The number of aromatic nitrogens is 2. The van der Waals surface area contributed by atoms with Crippen molar-refractivity contribution in [1.29, 1.82) is 0 Å². The van der Waals surface area contributed by atoms with Crippen molar-refractivity contribution in [2.45, 2.75) is 18.9 Å².